The summed E-state index contributed by atoms with van der Waals surface area (Å²) in [5, 5.41) is 0.735. The smallest absolute Gasteiger partial charge is 0.292 e. The monoisotopic (exact) mass is 441 g/mol. The number of imidazole rings is 1. The van der Waals surface area contributed by atoms with Gasteiger partial charge in [0.05, 0.1) is 12.2 Å². The number of benzene rings is 1. The van der Waals surface area contributed by atoms with Crippen LogP contribution in [0.25, 0.3) is 5.65 Å². The summed E-state index contributed by atoms with van der Waals surface area (Å²) in [4.78, 5) is 37.5. The Bertz CT molecular complexity index is 1080. The predicted octanol–water partition coefficient (Wildman–Crippen LogP) is 1.27. The molecule has 1 saturated heterocycles. The van der Waals surface area contributed by atoms with Gasteiger partial charge in [0.2, 0.25) is 0 Å². The molecule has 2 N–H and O–H groups in total. The zero-order valence-corrected chi connectivity index (χ0v) is 18.0. The minimum Gasteiger partial charge on any atom is -0.303 e. The van der Waals surface area contributed by atoms with E-state index < -0.39 is 5.91 Å². The van der Waals surface area contributed by atoms with Crippen molar-refractivity contribution in [1.82, 2.24) is 35.0 Å². The van der Waals surface area contributed by atoms with E-state index >= 15 is 0 Å². The van der Waals surface area contributed by atoms with E-state index in [-0.39, 0.29) is 18.1 Å². The fourth-order valence-corrected chi connectivity index (χ4v) is 3.71. The Morgan fingerprint density at radius 2 is 1.77 bits per heavy atom. The van der Waals surface area contributed by atoms with Crippen molar-refractivity contribution in [3.05, 3.63) is 64.8 Å². The molecule has 31 heavy (non-hydrogen) atoms. The second kappa shape index (κ2) is 9.42. The third-order valence-corrected chi connectivity index (χ3v) is 5.43. The number of hydrazine groups is 1. The molecule has 0 bridgehead atoms. The van der Waals surface area contributed by atoms with Gasteiger partial charge in [-0.15, -0.1) is 0 Å². The Labute approximate surface area is 185 Å². The van der Waals surface area contributed by atoms with E-state index in [2.05, 4.69) is 30.6 Å². The lowest BCUT2D eigenvalue weighted by atomic mass is 10.2. The summed E-state index contributed by atoms with van der Waals surface area (Å²) >= 11 is 5.94. The molecule has 2 amide bonds. The van der Waals surface area contributed by atoms with Crippen LogP contribution in [0.5, 0.6) is 0 Å². The lowest BCUT2D eigenvalue weighted by Gasteiger charge is -2.34. The molecule has 0 aliphatic carbocycles. The van der Waals surface area contributed by atoms with Crippen molar-refractivity contribution < 1.29 is 9.59 Å². The standard InChI is InChI=1S/C21H24ClN7O2/c1-15-12-29-7-6-23-19(20(29)24-15)21(31)26-25-18(30)14-28-10-8-27(9-11-28)13-16-2-4-17(22)5-3-16/h2-7,12H,8-11,13-14H2,1H3,(H,25,30)(H,26,31). The van der Waals surface area contributed by atoms with Crippen molar-refractivity contribution >= 4 is 29.1 Å². The highest BCUT2D eigenvalue weighted by Crippen LogP contribution is 2.13. The number of carbonyl (C=O) groups is 2. The molecular formula is C21H24ClN7O2. The SMILES string of the molecule is Cc1cn2ccnc(C(=O)NNC(=O)CN3CCN(Cc4ccc(Cl)cc4)CC3)c2n1. The van der Waals surface area contributed by atoms with Crippen LogP contribution in [0.15, 0.2) is 42.9 Å². The van der Waals surface area contributed by atoms with E-state index in [1.807, 2.05) is 31.2 Å². The Morgan fingerprint density at radius 3 is 2.52 bits per heavy atom. The minimum absolute atomic E-state index is 0.159. The average molecular weight is 442 g/mol. The molecule has 2 aromatic heterocycles. The molecule has 1 aliphatic rings. The maximum atomic E-state index is 12.4. The summed E-state index contributed by atoms with van der Waals surface area (Å²) in [5.74, 6) is -0.775. The molecule has 3 heterocycles. The van der Waals surface area contributed by atoms with Crippen LogP contribution in [0.4, 0.5) is 0 Å². The van der Waals surface area contributed by atoms with Gasteiger partial charge in [-0.25, -0.2) is 9.97 Å². The van der Waals surface area contributed by atoms with E-state index in [1.165, 1.54) is 11.8 Å². The number of aromatic nitrogens is 3. The Morgan fingerprint density at radius 1 is 1.06 bits per heavy atom. The van der Waals surface area contributed by atoms with Gasteiger partial charge >= 0.3 is 0 Å². The van der Waals surface area contributed by atoms with E-state index in [1.54, 1.807) is 16.8 Å². The fourth-order valence-electron chi connectivity index (χ4n) is 3.58. The summed E-state index contributed by atoms with van der Waals surface area (Å²) in [6, 6.07) is 7.86. The summed E-state index contributed by atoms with van der Waals surface area (Å²) in [5.41, 5.74) is 7.51. The molecule has 1 aliphatic heterocycles. The molecule has 0 spiro atoms. The minimum atomic E-state index is -0.502. The topological polar surface area (TPSA) is 94.9 Å². The Balaban J connectivity index is 1.22. The van der Waals surface area contributed by atoms with Crippen LogP contribution in [0.3, 0.4) is 0 Å². The molecule has 1 fully saturated rings. The van der Waals surface area contributed by atoms with Gasteiger partial charge in [0, 0.05) is 56.3 Å². The number of hydrogen-bond acceptors (Lipinski definition) is 6. The quantitative estimate of drug-likeness (QED) is 0.579. The van der Waals surface area contributed by atoms with E-state index in [4.69, 9.17) is 11.6 Å². The van der Waals surface area contributed by atoms with Crippen molar-refractivity contribution in [2.45, 2.75) is 13.5 Å². The molecule has 0 saturated carbocycles. The van der Waals surface area contributed by atoms with Gasteiger partial charge in [0.25, 0.3) is 11.8 Å². The number of aryl methyl sites for hydroxylation is 1. The number of rotatable bonds is 5. The first kappa shape index (κ1) is 21.2. The highest BCUT2D eigenvalue weighted by molar-refractivity contribution is 6.30. The first-order chi connectivity index (χ1) is 15.0. The number of fused-ring (bicyclic) bond motifs is 1. The molecule has 4 rings (SSSR count). The van der Waals surface area contributed by atoms with Gasteiger partial charge in [-0.1, -0.05) is 23.7 Å². The van der Waals surface area contributed by atoms with Crippen molar-refractivity contribution in [2.75, 3.05) is 32.7 Å². The summed E-state index contributed by atoms with van der Waals surface area (Å²) in [6.07, 6.45) is 5.05. The highest BCUT2D eigenvalue weighted by atomic mass is 35.5. The number of hydrogen-bond donors (Lipinski definition) is 2. The molecule has 9 nitrogen and oxygen atoms in total. The van der Waals surface area contributed by atoms with Gasteiger partial charge in [0.15, 0.2) is 11.3 Å². The van der Waals surface area contributed by atoms with Crippen LogP contribution in [-0.4, -0.2) is 68.7 Å². The average Bonchev–Trinajstić information content (AvgIpc) is 3.15. The zero-order valence-electron chi connectivity index (χ0n) is 17.2. The van der Waals surface area contributed by atoms with Crippen LogP contribution < -0.4 is 10.9 Å². The second-order valence-electron chi connectivity index (χ2n) is 7.57. The molecule has 0 radical (unpaired) electrons. The Hall–Kier alpha value is -3.01. The third-order valence-electron chi connectivity index (χ3n) is 5.18. The van der Waals surface area contributed by atoms with Crippen molar-refractivity contribution in [1.29, 1.82) is 0 Å². The van der Waals surface area contributed by atoms with E-state index in [0.29, 0.717) is 5.65 Å². The number of amides is 2. The van der Waals surface area contributed by atoms with Crippen molar-refractivity contribution in [2.24, 2.45) is 0 Å². The number of carbonyl (C=O) groups excluding carboxylic acids is 2. The van der Waals surface area contributed by atoms with Crippen molar-refractivity contribution in [3.63, 3.8) is 0 Å². The zero-order chi connectivity index (χ0) is 21.8. The number of nitrogens with one attached hydrogen (secondary N) is 2. The van der Waals surface area contributed by atoms with Gasteiger partial charge < -0.3 is 4.40 Å². The molecule has 10 heteroatoms. The second-order valence-corrected chi connectivity index (χ2v) is 8.01. The molecule has 3 aromatic rings. The summed E-state index contributed by atoms with van der Waals surface area (Å²) in [7, 11) is 0. The van der Waals surface area contributed by atoms with Gasteiger partial charge in [-0.2, -0.15) is 0 Å². The summed E-state index contributed by atoms with van der Waals surface area (Å²) < 4.78 is 1.72. The Kier molecular flexibility index (Phi) is 6.45. The molecule has 0 unspecified atom stereocenters. The maximum Gasteiger partial charge on any atom is 0.292 e. The van der Waals surface area contributed by atoms with Crippen molar-refractivity contribution in [3.8, 4) is 0 Å². The fraction of sp³-hybridized carbons (Fsp3) is 0.333. The van der Waals surface area contributed by atoms with Gasteiger partial charge in [-0.3, -0.25) is 30.2 Å². The lowest BCUT2D eigenvalue weighted by Crippen LogP contribution is -2.51. The van der Waals surface area contributed by atoms with Crippen LogP contribution in [-0.2, 0) is 11.3 Å². The van der Waals surface area contributed by atoms with Crippen LogP contribution in [0.2, 0.25) is 5.02 Å². The maximum absolute atomic E-state index is 12.4. The van der Waals surface area contributed by atoms with E-state index in [9.17, 15) is 9.59 Å². The van der Waals surface area contributed by atoms with E-state index in [0.717, 1.165) is 43.4 Å². The molecule has 0 atom stereocenters. The number of nitrogens with zero attached hydrogens (tertiary/aromatic N) is 5. The van der Waals surface area contributed by atoms with Crippen LogP contribution in [0.1, 0.15) is 21.7 Å². The molecule has 1 aromatic carbocycles. The first-order valence-corrected chi connectivity index (χ1v) is 10.4. The lowest BCUT2D eigenvalue weighted by molar-refractivity contribution is -0.123. The normalized spacial score (nSPS) is 15.2. The highest BCUT2D eigenvalue weighted by Gasteiger charge is 2.20. The van der Waals surface area contributed by atoms with Gasteiger partial charge in [-0.05, 0) is 24.6 Å². The number of halogens is 1. The molecule has 162 valence electrons. The molecular weight excluding hydrogens is 418 g/mol. The van der Waals surface area contributed by atoms with Gasteiger partial charge in [0.1, 0.15) is 0 Å². The largest absolute Gasteiger partial charge is 0.303 e. The van der Waals surface area contributed by atoms with Crippen LogP contribution in [0, 0.1) is 6.92 Å². The first-order valence-electron chi connectivity index (χ1n) is 10.1. The predicted molar refractivity (Wildman–Crippen MR) is 117 cm³/mol. The van der Waals surface area contributed by atoms with Crippen LogP contribution >= 0.6 is 11.6 Å². The summed E-state index contributed by atoms with van der Waals surface area (Å²) in [6.45, 7) is 6.22. The third kappa shape index (κ3) is 5.38. The number of piperazine rings is 1.